The second kappa shape index (κ2) is 4.80. The summed E-state index contributed by atoms with van der Waals surface area (Å²) in [4.78, 5) is 4.29. The Labute approximate surface area is 108 Å². The summed E-state index contributed by atoms with van der Waals surface area (Å²) in [6.07, 6.45) is 0. The Kier molecular flexibility index (Phi) is 3.64. The van der Waals surface area contributed by atoms with Gasteiger partial charge in [0.1, 0.15) is 0 Å². The molecule has 2 nitrogen and oxygen atoms in total. The van der Waals surface area contributed by atoms with Crippen molar-refractivity contribution in [3.63, 3.8) is 0 Å². The summed E-state index contributed by atoms with van der Waals surface area (Å²) >= 11 is 17.5. The molecule has 0 unspecified atom stereocenters. The van der Waals surface area contributed by atoms with E-state index in [1.165, 1.54) is 20.9 Å². The van der Waals surface area contributed by atoms with E-state index >= 15 is 0 Å². The van der Waals surface area contributed by atoms with Crippen LogP contribution in [0.5, 0.6) is 0 Å². The number of hydrogen-bond acceptors (Lipinski definition) is 4. The van der Waals surface area contributed by atoms with Gasteiger partial charge >= 0.3 is 0 Å². The lowest BCUT2D eigenvalue weighted by Crippen LogP contribution is -1.92. The average molecular weight is 298 g/mol. The van der Waals surface area contributed by atoms with Crippen LogP contribution in [0.2, 0.25) is 15.2 Å². The van der Waals surface area contributed by atoms with E-state index in [9.17, 15) is 0 Å². The summed E-state index contributed by atoms with van der Waals surface area (Å²) in [5, 5.41) is 1.50. The second-order valence-corrected chi connectivity index (χ2v) is 5.65. The molecule has 1 heterocycles. The lowest BCUT2D eigenvalue weighted by Gasteiger charge is -1.95. The van der Waals surface area contributed by atoms with E-state index in [2.05, 4.69) is 9.37 Å². The van der Waals surface area contributed by atoms with Gasteiger partial charge in [0.25, 0.3) is 0 Å². The van der Waals surface area contributed by atoms with Crippen LogP contribution >= 0.6 is 55.7 Å². The van der Waals surface area contributed by atoms with Gasteiger partial charge in [0.2, 0.25) is 0 Å². The highest BCUT2D eigenvalue weighted by Gasteiger charge is 1.99. The quantitative estimate of drug-likeness (QED) is 0.716. The van der Waals surface area contributed by atoms with Gasteiger partial charge in [-0.3, -0.25) is 0 Å². The third-order valence-electron chi connectivity index (χ3n) is 1.49. The van der Waals surface area contributed by atoms with Crippen LogP contribution < -0.4 is 4.67 Å². The highest BCUT2D eigenvalue weighted by Crippen LogP contribution is 2.24. The molecule has 0 saturated carbocycles. The first-order chi connectivity index (χ1) is 7.15. The molecule has 78 valence electrons. The van der Waals surface area contributed by atoms with Crippen molar-refractivity contribution in [3.05, 3.63) is 38.1 Å². The van der Waals surface area contributed by atoms with Crippen LogP contribution in [-0.2, 0) is 0 Å². The monoisotopic (exact) mass is 296 g/mol. The van der Waals surface area contributed by atoms with Crippen molar-refractivity contribution in [1.29, 1.82) is 0 Å². The van der Waals surface area contributed by atoms with Crippen LogP contribution in [-0.4, -0.2) is 4.37 Å². The Morgan fingerprint density at radius 1 is 1.07 bits per heavy atom. The standard InChI is InChI=1S/C8H3Cl3N2S2/c9-4-1-5(10)3-6(2-4)12-8-7(11)13-15-14-8/h1-3H. The van der Waals surface area contributed by atoms with Crippen LogP contribution in [0.4, 0.5) is 5.69 Å². The first-order valence-electron chi connectivity index (χ1n) is 3.77. The fourth-order valence-corrected chi connectivity index (χ4v) is 3.45. The molecule has 0 amide bonds. The molecule has 0 radical (unpaired) electrons. The van der Waals surface area contributed by atoms with E-state index in [1.807, 2.05) is 0 Å². The minimum absolute atomic E-state index is 0.404. The fourth-order valence-electron chi connectivity index (χ4n) is 0.946. The Morgan fingerprint density at radius 2 is 1.73 bits per heavy atom. The van der Waals surface area contributed by atoms with Crippen LogP contribution in [0.25, 0.3) is 0 Å². The Bertz CT molecular complexity index is 527. The number of rotatable bonds is 1. The van der Waals surface area contributed by atoms with Crippen molar-refractivity contribution < 1.29 is 0 Å². The maximum atomic E-state index is 5.84. The minimum atomic E-state index is 0.404. The zero-order valence-electron chi connectivity index (χ0n) is 7.08. The molecule has 15 heavy (non-hydrogen) atoms. The highest BCUT2D eigenvalue weighted by atomic mass is 35.5. The zero-order chi connectivity index (χ0) is 10.8. The molecule has 0 aliphatic carbocycles. The highest BCUT2D eigenvalue weighted by molar-refractivity contribution is 7.66. The number of aromatic nitrogens is 1. The van der Waals surface area contributed by atoms with Gasteiger partial charge in [-0.1, -0.05) is 34.8 Å². The fraction of sp³-hybridized carbons (Fsp3) is 0. The van der Waals surface area contributed by atoms with Gasteiger partial charge in [-0.2, -0.15) is 4.37 Å². The van der Waals surface area contributed by atoms with E-state index in [4.69, 9.17) is 34.8 Å². The van der Waals surface area contributed by atoms with Gasteiger partial charge in [0.05, 0.1) is 5.69 Å². The van der Waals surface area contributed by atoms with Gasteiger partial charge < -0.3 is 0 Å². The number of halogens is 3. The molecule has 2 rings (SSSR count). The molecule has 0 bridgehead atoms. The molecular formula is C8H3Cl3N2S2. The molecule has 0 atom stereocenters. The van der Waals surface area contributed by atoms with Crippen molar-refractivity contribution in [2.24, 2.45) is 4.99 Å². The molecule has 7 heteroatoms. The van der Waals surface area contributed by atoms with E-state index < -0.39 is 0 Å². The smallest absolute Gasteiger partial charge is 0.179 e. The largest absolute Gasteiger partial charge is 0.234 e. The average Bonchev–Trinajstić information content (AvgIpc) is 2.50. The third kappa shape index (κ3) is 2.92. The first kappa shape index (κ1) is 11.4. The van der Waals surface area contributed by atoms with Gasteiger partial charge in [0, 0.05) is 20.6 Å². The summed E-state index contributed by atoms with van der Waals surface area (Å²) in [5.41, 5.74) is 0.672. The summed E-state index contributed by atoms with van der Waals surface area (Å²) in [6.45, 7) is 0. The summed E-state index contributed by atoms with van der Waals surface area (Å²) < 4.78 is 4.59. The third-order valence-corrected chi connectivity index (χ3v) is 4.10. The van der Waals surface area contributed by atoms with Crippen LogP contribution in [0.1, 0.15) is 0 Å². The minimum Gasteiger partial charge on any atom is -0.234 e. The summed E-state index contributed by atoms with van der Waals surface area (Å²) in [5.74, 6) is 0. The molecule has 0 N–H and O–H groups in total. The van der Waals surface area contributed by atoms with E-state index in [-0.39, 0.29) is 0 Å². The SMILES string of the molecule is Clc1cc(Cl)cc(N=c2ssnc2Cl)c1. The second-order valence-electron chi connectivity index (χ2n) is 2.58. The van der Waals surface area contributed by atoms with E-state index in [0.717, 1.165) is 0 Å². The Morgan fingerprint density at radius 3 is 2.27 bits per heavy atom. The predicted molar refractivity (Wildman–Crippen MR) is 66.7 cm³/mol. The van der Waals surface area contributed by atoms with Crippen LogP contribution in [0.15, 0.2) is 23.2 Å². The van der Waals surface area contributed by atoms with Gasteiger partial charge in [-0.05, 0) is 28.5 Å². The molecule has 0 fully saturated rings. The number of nitrogens with zero attached hydrogens (tertiary/aromatic N) is 2. The molecule has 2 aromatic rings. The lowest BCUT2D eigenvalue weighted by atomic mass is 10.3. The van der Waals surface area contributed by atoms with Crippen molar-refractivity contribution in [2.75, 3.05) is 0 Å². The molecule has 0 spiro atoms. The molecular weight excluding hydrogens is 295 g/mol. The van der Waals surface area contributed by atoms with Crippen LogP contribution in [0, 0.1) is 0 Å². The lowest BCUT2D eigenvalue weighted by molar-refractivity contribution is 1.37. The number of benzene rings is 1. The molecule has 0 saturated heterocycles. The van der Waals surface area contributed by atoms with Crippen LogP contribution in [0.3, 0.4) is 0 Å². The predicted octanol–water partition coefficient (Wildman–Crippen LogP) is 4.40. The molecule has 1 aromatic carbocycles. The van der Waals surface area contributed by atoms with Gasteiger partial charge in [0.15, 0.2) is 9.82 Å². The molecule has 0 aliphatic heterocycles. The van der Waals surface area contributed by atoms with Crippen molar-refractivity contribution in [3.8, 4) is 0 Å². The number of hydrogen-bond donors (Lipinski definition) is 0. The Hall–Kier alpha value is -0.130. The molecule has 0 aliphatic rings. The van der Waals surface area contributed by atoms with E-state index in [1.54, 1.807) is 18.2 Å². The molecule has 1 aromatic heterocycles. The zero-order valence-corrected chi connectivity index (χ0v) is 11.0. The van der Waals surface area contributed by atoms with Crippen molar-refractivity contribution in [2.45, 2.75) is 0 Å². The van der Waals surface area contributed by atoms with E-state index in [0.29, 0.717) is 25.6 Å². The maximum absolute atomic E-state index is 5.84. The van der Waals surface area contributed by atoms with Gasteiger partial charge in [-0.25, -0.2) is 4.99 Å². The van der Waals surface area contributed by atoms with Gasteiger partial charge in [-0.15, -0.1) is 0 Å². The van der Waals surface area contributed by atoms with Crippen molar-refractivity contribution in [1.82, 2.24) is 4.37 Å². The maximum Gasteiger partial charge on any atom is 0.179 e. The first-order valence-corrected chi connectivity index (χ1v) is 7.01. The normalized spacial score (nSPS) is 12.1. The Balaban J connectivity index is 2.53. The van der Waals surface area contributed by atoms with Crippen molar-refractivity contribution >= 4 is 61.4 Å². The summed E-state index contributed by atoms with van der Waals surface area (Å²) in [7, 11) is 2.70. The topological polar surface area (TPSA) is 25.2 Å². The summed E-state index contributed by atoms with van der Waals surface area (Å²) in [6, 6.07) is 5.08.